The highest BCUT2D eigenvalue weighted by Gasteiger charge is 2.00. The zero-order chi connectivity index (χ0) is 10.4. The molecule has 0 aromatic heterocycles. The highest BCUT2D eigenvalue weighted by atomic mass is 14.8. The molecule has 0 spiro atoms. The molecule has 0 aliphatic carbocycles. The molecule has 0 radical (unpaired) electrons. The van der Waals surface area contributed by atoms with E-state index in [-0.39, 0.29) is 0 Å². The molecule has 1 rings (SSSR count). The van der Waals surface area contributed by atoms with Crippen molar-refractivity contribution in [2.45, 2.75) is 20.3 Å². The van der Waals surface area contributed by atoms with Crippen molar-refractivity contribution in [1.29, 1.82) is 0 Å². The second-order valence-corrected chi connectivity index (χ2v) is 3.52. The van der Waals surface area contributed by atoms with Crippen LogP contribution in [0.1, 0.15) is 24.5 Å². The van der Waals surface area contributed by atoms with E-state index in [1.807, 2.05) is 0 Å². The summed E-state index contributed by atoms with van der Waals surface area (Å²) in [6.45, 7) is 10.4. The zero-order valence-corrected chi connectivity index (χ0v) is 9.14. The summed E-state index contributed by atoms with van der Waals surface area (Å²) in [4.78, 5) is 0. The van der Waals surface area contributed by atoms with Gasteiger partial charge in [-0.1, -0.05) is 37.8 Å². The molecule has 0 atom stereocenters. The Kier molecular flexibility index (Phi) is 4.41. The standard InChI is InChI=1S/C13H19N/c1-4-14-10-9-12(3)13-8-6-5-7-11(13)2/h5-8,14H,3-4,9-10H2,1-2H3. The van der Waals surface area contributed by atoms with E-state index >= 15 is 0 Å². The summed E-state index contributed by atoms with van der Waals surface area (Å²) in [5, 5.41) is 3.31. The van der Waals surface area contributed by atoms with Crippen LogP contribution in [-0.4, -0.2) is 13.1 Å². The van der Waals surface area contributed by atoms with E-state index in [4.69, 9.17) is 0 Å². The van der Waals surface area contributed by atoms with Gasteiger partial charge in [0.15, 0.2) is 0 Å². The van der Waals surface area contributed by atoms with E-state index in [0.717, 1.165) is 19.5 Å². The second kappa shape index (κ2) is 5.61. The lowest BCUT2D eigenvalue weighted by Gasteiger charge is -2.09. The summed E-state index contributed by atoms with van der Waals surface area (Å²) in [7, 11) is 0. The molecule has 1 aromatic rings. The molecule has 0 heterocycles. The minimum absolute atomic E-state index is 1.02. The van der Waals surface area contributed by atoms with Crippen LogP contribution in [0.5, 0.6) is 0 Å². The van der Waals surface area contributed by atoms with Gasteiger partial charge in [0.1, 0.15) is 0 Å². The number of hydrogen-bond donors (Lipinski definition) is 1. The number of nitrogens with one attached hydrogen (secondary N) is 1. The Labute approximate surface area is 86.8 Å². The molecule has 1 aromatic carbocycles. The van der Waals surface area contributed by atoms with Gasteiger partial charge in [0, 0.05) is 0 Å². The average molecular weight is 189 g/mol. The van der Waals surface area contributed by atoms with Crippen molar-refractivity contribution in [1.82, 2.24) is 5.32 Å². The summed E-state index contributed by atoms with van der Waals surface area (Å²) >= 11 is 0. The van der Waals surface area contributed by atoms with Crippen LogP contribution in [0.15, 0.2) is 30.8 Å². The maximum absolute atomic E-state index is 4.12. The highest BCUT2D eigenvalue weighted by Crippen LogP contribution is 2.18. The first-order valence-electron chi connectivity index (χ1n) is 5.20. The van der Waals surface area contributed by atoms with Crippen molar-refractivity contribution >= 4 is 5.57 Å². The van der Waals surface area contributed by atoms with Crippen molar-refractivity contribution < 1.29 is 0 Å². The number of hydrogen-bond acceptors (Lipinski definition) is 1. The predicted molar refractivity (Wildman–Crippen MR) is 63.4 cm³/mol. The molecule has 0 saturated carbocycles. The number of rotatable bonds is 5. The molecule has 1 heteroatoms. The van der Waals surface area contributed by atoms with Crippen LogP contribution in [0, 0.1) is 6.92 Å². The molecule has 14 heavy (non-hydrogen) atoms. The summed E-state index contributed by atoms with van der Waals surface area (Å²) < 4.78 is 0. The molecule has 1 N–H and O–H groups in total. The molecule has 0 saturated heterocycles. The third kappa shape index (κ3) is 3.00. The largest absolute Gasteiger partial charge is 0.317 e. The van der Waals surface area contributed by atoms with E-state index in [0.29, 0.717) is 0 Å². The van der Waals surface area contributed by atoms with Gasteiger partial charge < -0.3 is 5.32 Å². The van der Waals surface area contributed by atoms with Crippen LogP contribution in [0.3, 0.4) is 0 Å². The first-order valence-corrected chi connectivity index (χ1v) is 5.20. The van der Waals surface area contributed by atoms with Crippen LogP contribution in [0.2, 0.25) is 0 Å². The zero-order valence-electron chi connectivity index (χ0n) is 9.14. The second-order valence-electron chi connectivity index (χ2n) is 3.52. The van der Waals surface area contributed by atoms with Gasteiger partial charge in [-0.25, -0.2) is 0 Å². The van der Waals surface area contributed by atoms with Gasteiger partial charge in [-0.05, 0) is 43.1 Å². The number of aryl methyl sites for hydroxylation is 1. The Hall–Kier alpha value is -1.08. The summed E-state index contributed by atoms with van der Waals surface area (Å²) in [5.74, 6) is 0. The molecule has 0 bridgehead atoms. The SMILES string of the molecule is C=C(CCNCC)c1ccccc1C. The third-order valence-electron chi connectivity index (χ3n) is 2.38. The molecule has 0 fully saturated rings. The van der Waals surface area contributed by atoms with Gasteiger partial charge in [0.2, 0.25) is 0 Å². The van der Waals surface area contributed by atoms with E-state index in [2.05, 4.69) is 50.0 Å². The van der Waals surface area contributed by atoms with Gasteiger partial charge in [0.05, 0.1) is 0 Å². The van der Waals surface area contributed by atoms with Crippen LogP contribution >= 0.6 is 0 Å². The Balaban J connectivity index is 2.56. The van der Waals surface area contributed by atoms with Crippen molar-refractivity contribution in [2.75, 3.05) is 13.1 Å². The monoisotopic (exact) mass is 189 g/mol. The van der Waals surface area contributed by atoms with Crippen LogP contribution < -0.4 is 5.32 Å². The lowest BCUT2D eigenvalue weighted by atomic mass is 10.00. The summed E-state index contributed by atoms with van der Waals surface area (Å²) in [6.07, 6.45) is 1.03. The van der Waals surface area contributed by atoms with Gasteiger partial charge in [-0.2, -0.15) is 0 Å². The topological polar surface area (TPSA) is 12.0 Å². The minimum atomic E-state index is 1.02. The normalized spacial score (nSPS) is 10.1. The van der Waals surface area contributed by atoms with Crippen molar-refractivity contribution in [3.8, 4) is 0 Å². The molecule has 0 aliphatic rings. The van der Waals surface area contributed by atoms with Gasteiger partial charge in [-0.3, -0.25) is 0 Å². The maximum atomic E-state index is 4.12. The van der Waals surface area contributed by atoms with Crippen LogP contribution in [0.25, 0.3) is 5.57 Å². The molecule has 0 unspecified atom stereocenters. The van der Waals surface area contributed by atoms with Gasteiger partial charge in [-0.15, -0.1) is 0 Å². The fourth-order valence-electron chi connectivity index (χ4n) is 1.52. The molecule has 0 amide bonds. The molecule has 1 nitrogen and oxygen atoms in total. The van der Waals surface area contributed by atoms with Gasteiger partial charge >= 0.3 is 0 Å². The predicted octanol–water partition coefficient (Wildman–Crippen LogP) is 3.01. The Morgan fingerprint density at radius 1 is 1.36 bits per heavy atom. The Morgan fingerprint density at radius 2 is 2.07 bits per heavy atom. The third-order valence-corrected chi connectivity index (χ3v) is 2.38. The average Bonchev–Trinajstić information content (AvgIpc) is 2.18. The molecule has 0 aliphatic heterocycles. The first kappa shape index (κ1) is 11.0. The Bertz CT molecular complexity index is 302. The van der Waals surface area contributed by atoms with Crippen LogP contribution in [0.4, 0.5) is 0 Å². The summed E-state index contributed by atoms with van der Waals surface area (Å²) in [6, 6.07) is 8.41. The maximum Gasteiger partial charge on any atom is -0.000846 e. The molecular weight excluding hydrogens is 170 g/mol. The Morgan fingerprint density at radius 3 is 2.71 bits per heavy atom. The summed E-state index contributed by atoms with van der Waals surface area (Å²) in [5.41, 5.74) is 3.84. The fourth-order valence-corrected chi connectivity index (χ4v) is 1.52. The van der Waals surface area contributed by atoms with Gasteiger partial charge in [0.25, 0.3) is 0 Å². The fraction of sp³-hybridized carbons (Fsp3) is 0.385. The smallest absolute Gasteiger partial charge is 0.000846 e. The number of benzene rings is 1. The van der Waals surface area contributed by atoms with Crippen molar-refractivity contribution in [3.05, 3.63) is 42.0 Å². The molecule has 76 valence electrons. The van der Waals surface area contributed by atoms with Crippen molar-refractivity contribution in [3.63, 3.8) is 0 Å². The lowest BCUT2D eigenvalue weighted by molar-refractivity contribution is 0.732. The van der Waals surface area contributed by atoms with E-state index in [1.165, 1.54) is 16.7 Å². The van der Waals surface area contributed by atoms with E-state index in [9.17, 15) is 0 Å². The highest BCUT2D eigenvalue weighted by molar-refractivity contribution is 5.66. The lowest BCUT2D eigenvalue weighted by Crippen LogP contribution is -2.14. The van der Waals surface area contributed by atoms with E-state index in [1.54, 1.807) is 0 Å². The quantitative estimate of drug-likeness (QED) is 0.702. The van der Waals surface area contributed by atoms with E-state index < -0.39 is 0 Å². The van der Waals surface area contributed by atoms with Crippen LogP contribution in [-0.2, 0) is 0 Å². The first-order chi connectivity index (χ1) is 6.75. The minimum Gasteiger partial charge on any atom is -0.317 e. The molecular formula is C13H19N. The van der Waals surface area contributed by atoms with Crippen molar-refractivity contribution in [2.24, 2.45) is 0 Å².